The van der Waals surface area contributed by atoms with Crippen molar-refractivity contribution in [3.8, 4) is 11.5 Å². The summed E-state index contributed by atoms with van der Waals surface area (Å²) in [6.45, 7) is 1.83. The van der Waals surface area contributed by atoms with E-state index in [1.54, 1.807) is 7.11 Å². The minimum atomic E-state index is -0.441. The Bertz CT molecular complexity index is 1020. The van der Waals surface area contributed by atoms with Gasteiger partial charge in [-0.25, -0.2) is 0 Å². The van der Waals surface area contributed by atoms with Gasteiger partial charge >= 0.3 is 0 Å². The van der Waals surface area contributed by atoms with Gasteiger partial charge in [0, 0.05) is 13.1 Å². The Kier molecular flexibility index (Phi) is 6.00. The van der Waals surface area contributed by atoms with Gasteiger partial charge in [-0.2, -0.15) is 0 Å². The van der Waals surface area contributed by atoms with Crippen LogP contribution in [0.5, 0.6) is 11.5 Å². The monoisotopic (exact) mass is 401 g/mol. The van der Waals surface area contributed by atoms with Crippen LogP contribution in [-0.4, -0.2) is 24.5 Å². The summed E-state index contributed by atoms with van der Waals surface area (Å²) in [6.07, 6.45) is 0.867. The van der Waals surface area contributed by atoms with E-state index in [0.717, 1.165) is 35.2 Å². The average molecular weight is 401 g/mol. The van der Waals surface area contributed by atoms with Crippen LogP contribution in [0.1, 0.15) is 28.3 Å². The van der Waals surface area contributed by atoms with Gasteiger partial charge in [0.05, 0.1) is 7.11 Å². The van der Waals surface area contributed by atoms with Gasteiger partial charge < -0.3 is 15.2 Å². The van der Waals surface area contributed by atoms with Crippen LogP contribution in [0.15, 0.2) is 66.7 Å². The number of fused-ring (bicyclic) bond motifs is 1. The number of methoxy groups -OCH3 is 1. The summed E-state index contributed by atoms with van der Waals surface area (Å²) < 4.78 is 11.5. The molecule has 3 aromatic carbocycles. The molecule has 1 aliphatic heterocycles. The third kappa shape index (κ3) is 4.31. The summed E-state index contributed by atoms with van der Waals surface area (Å²) in [7, 11) is 1.63. The lowest BCUT2D eigenvalue weighted by atomic mass is 9.92. The van der Waals surface area contributed by atoms with E-state index >= 15 is 0 Å². The Morgan fingerprint density at radius 2 is 1.97 bits per heavy atom. The predicted octanol–water partition coefficient (Wildman–Crippen LogP) is 3.66. The van der Waals surface area contributed by atoms with E-state index in [-0.39, 0.29) is 5.91 Å². The highest BCUT2D eigenvalue weighted by molar-refractivity contribution is 5.82. The van der Waals surface area contributed by atoms with Gasteiger partial charge in [-0.15, -0.1) is 0 Å². The standard InChI is InChI=1S/C25H25N2O3/c1-29-23-15-19(11-12-22(23)30-17-18-7-3-2-4-8-18)16-27-14-13-20-9-5-6-10-21(20)24(27)25(26)28/h2-4,6-12,15,24H,13-14,16-17H2,1H3,(H2,26,28). The third-order valence-corrected chi connectivity index (χ3v) is 5.44. The molecule has 1 unspecified atom stereocenters. The lowest BCUT2D eigenvalue weighted by Gasteiger charge is -2.35. The van der Waals surface area contributed by atoms with Crippen LogP contribution in [-0.2, 0) is 24.4 Å². The fourth-order valence-corrected chi connectivity index (χ4v) is 3.95. The number of hydrogen-bond donors (Lipinski definition) is 1. The Balaban J connectivity index is 1.51. The van der Waals surface area contributed by atoms with E-state index in [1.807, 2.05) is 66.7 Å². The number of nitrogens with zero attached hydrogens (tertiary/aromatic N) is 1. The normalized spacial score (nSPS) is 16.0. The highest BCUT2D eigenvalue weighted by Gasteiger charge is 2.31. The molecule has 0 spiro atoms. The number of carbonyl (C=O) groups is 1. The summed E-state index contributed by atoms with van der Waals surface area (Å²) in [5, 5.41) is 0. The summed E-state index contributed by atoms with van der Waals surface area (Å²) in [5.74, 6) is 1.03. The molecule has 2 N–H and O–H groups in total. The first-order valence-corrected chi connectivity index (χ1v) is 10.0. The summed E-state index contributed by atoms with van der Waals surface area (Å²) in [5.41, 5.74) is 10.0. The summed E-state index contributed by atoms with van der Waals surface area (Å²) in [6, 6.07) is 24.3. The van der Waals surface area contributed by atoms with Crippen molar-refractivity contribution in [1.29, 1.82) is 0 Å². The minimum absolute atomic E-state index is 0.336. The van der Waals surface area contributed by atoms with Crippen LogP contribution in [0.3, 0.4) is 0 Å². The average Bonchev–Trinajstić information content (AvgIpc) is 2.78. The molecule has 0 fully saturated rings. The molecule has 1 radical (unpaired) electrons. The van der Waals surface area contributed by atoms with Gasteiger partial charge in [-0.1, -0.05) is 54.6 Å². The molecule has 1 amide bonds. The molecule has 1 heterocycles. The highest BCUT2D eigenvalue weighted by atomic mass is 16.5. The van der Waals surface area contributed by atoms with Crippen molar-refractivity contribution in [2.75, 3.05) is 13.7 Å². The topological polar surface area (TPSA) is 64.8 Å². The van der Waals surface area contributed by atoms with Gasteiger partial charge in [0.25, 0.3) is 0 Å². The van der Waals surface area contributed by atoms with E-state index < -0.39 is 6.04 Å². The SMILES string of the molecule is COc1cc(CN2CCc3c[c]ccc3C2C(N)=O)ccc1OCc1ccccc1. The number of ether oxygens (including phenoxy) is 2. The Morgan fingerprint density at radius 1 is 1.13 bits per heavy atom. The van der Waals surface area contributed by atoms with Gasteiger partial charge in [-0.05, 0) is 46.9 Å². The van der Waals surface area contributed by atoms with E-state index in [0.29, 0.717) is 24.7 Å². The minimum Gasteiger partial charge on any atom is -0.493 e. The number of primary amides is 1. The second-order valence-corrected chi connectivity index (χ2v) is 7.41. The summed E-state index contributed by atoms with van der Waals surface area (Å²) in [4.78, 5) is 14.4. The fraction of sp³-hybridized carbons (Fsp3) is 0.240. The highest BCUT2D eigenvalue weighted by Crippen LogP contribution is 2.33. The fourth-order valence-electron chi connectivity index (χ4n) is 3.95. The van der Waals surface area contributed by atoms with Crippen molar-refractivity contribution < 1.29 is 14.3 Å². The molecule has 0 aromatic heterocycles. The van der Waals surface area contributed by atoms with Crippen molar-refractivity contribution in [1.82, 2.24) is 4.90 Å². The first kappa shape index (κ1) is 20.0. The van der Waals surface area contributed by atoms with Gasteiger partial charge in [-0.3, -0.25) is 9.69 Å². The first-order valence-electron chi connectivity index (χ1n) is 10.0. The van der Waals surface area contributed by atoms with Gasteiger partial charge in [0.2, 0.25) is 5.91 Å². The maximum Gasteiger partial charge on any atom is 0.239 e. The number of nitrogens with two attached hydrogens (primary N) is 1. The van der Waals surface area contributed by atoms with Crippen molar-refractivity contribution in [3.63, 3.8) is 0 Å². The molecule has 0 aliphatic carbocycles. The first-order chi connectivity index (χ1) is 14.7. The van der Waals surface area contributed by atoms with Crippen molar-refractivity contribution in [2.24, 2.45) is 5.73 Å². The maximum absolute atomic E-state index is 12.2. The second-order valence-electron chi connectivity index (χ2n) is 7.41. The molecule has 1 atom stereocenters. The van der Waals surface area contributed by atoms with E-state index in [9.17, 15) is 4.79 Å². The lowest BCUT2D eigenvalue weighted by Crippen LogP contribution is -2.42. The number of carbonyl (C=O) groups excluding carboxylic acids is 1. The van der Waals surface area contributed by atoms with Gasteiger partial charge in [0.15, 0.2) is 11.5 Å². The van der Waals surface area contributed by atoms with E-state index in [1.165, 1.54) is 0 Å². The number of rotatable bonds is 7. The molecule has 30 heavy (non-hydrogen) atoms. The second kappa shape index (κ2) is 9.01. The Morgan fingerprint density at radius 3 is 2.73 bits per heavy atom. The molecule has 0 saturated heterocycles. The molecule has 3 aromatic rings. The molecule has 0 saturated carbocycles. The number of hydrogen-bond acceptors (Lipinski definition) is 4. The van der Waals surface area contributed by atoms with Crippen LogP contribution in [0, 0.1) is 6.07 Å². The zero-order chi connectivity index (χ0) is 20.9. The lowest BCUT2D eigenvalue weighted by molar-refractivity contribution is -0.124. The van der Waals surface area contributed by atoms with Crippen molar-refractivity contribution >= 4 is 5.91 Å². The molecular weight excluding hydrogens is 376 g/mol. The van der Waals surface area contributed by atoms with Crippen LogP contribution in [0.4, 0.5) is 0 Å². The number of amides is 1. The smallest absolute Gasteiger partial charge is 0.239 e. The molecule has 1 aliphatic rings. The van der Waals surface area contributed by atoms with Crippen LogP contribution < -0.4 is 15.2 Å². The predicted molar refractivity (Wildman–Crippen MR) is 115 cm³/mol. The molecular formula is C25H25N2O3. The quantitative estimate of drug-likeness (QED) is 0.656. The maximum atomic E-state index is 12.2. The Hall–Kier alpha value is -3.31. The van der Waals surface area contributed by atoms with Crippen LogP contribution in [0.2, 0.25) is 0 Å². The molecule has 5 nitrogen and oxygen atoms in total. The zero-order valence-corrected chi connectivity index (χ0v) is 17.0. The van der Waals surface area contributed by atoms with Crippen molar-refractivity contribution in [3.05, 3.63) is 95.1 Å². The zero-order valence-electron chi connectivity index (χ0n) is 17.0. The number of benzene rings is 3. The summed E-state index contributed by atoms with van der Waals surface area (Å²) >= 11 is 0. The third-order valence-electron chi connectivity index (χ3n) is 5.44. The molecule has 153 valence electrons. The van der Waals surface area contributed by atoms with E-state index in [4.69, 9.17) is 15.2 Å². The van der Waals surface area contributed by atoms with Gasteiger partial charge in [0.1, 0.15) is 12.6 Å². The molecule has 5 heteroatoms. The van der Waals surface area contributed by atoms with Crippen molar-refractivity contribution in [2.45, 2.75) is 25.6 Å². The largest absolute Gasteiger partial charge is 0.493 e. The van der Waals surface area contributed by atoms with E-state index in [2.05, 4.69) is 11.0 Å². The molecule has 0 bridgehead atoms. The Labute approximate surface area is 177 Å². The van der Waals surface area contributed by atoms with Crippen LogP contribution in [0.25, 0.3) is 0 Å². The molecule has 4 rings (SSSR count). The van der Waals surface area contributed by atoms with Crippen LogP contribution >= 0.6 is 0 Å².